The zero-order valence-electron chi connectivity index (χ0n) is 15.7. The van der Waals surface area contributed by atoms with E-state index in [-0.39, 0.29) is 17.7 Å². The second kappa shape index (κ2) is 8.06. The van der Waals surface area contributed by atoms with E-state index in [9.17, 15) is 14.7 Å². The van der Waals surface area contributed by atoms with Gasteiger partial charge in [-0.15, -0.1) is 0 Å². The molecule has 7 nitrogen and oxygen atoms in total. The van der Waals surface area contributed by atoms with E-state index < -0.39 is 12.1 Å². The van der Waals surface area contributed by atoms with Crippen LogP contribution >= 0.6 is 11.3 Å². The molecule has 3 heterocycles. The Balaban J connectivity index is 1.34. The predicted octanol–water partition coefficient (Wildman–Crippen LogP) is 2.13. The molecule has 2 aliphatic rings. The molecule has 0 aromatic carbocycles. The van der Waals surface area contributed by atoms with Gasteiger partial charge in [-0.05, 0) is 48.3 Å². The highest BCUT2D eigenvalue weighted by Crippen LogP contribution is 2.37. The molecule has 2 aromatic rings. The highest BCUT2D eigenvalue weighted by Gasteiger charge is 2.42. The number of likely N-dealkylation sites (tertiary alicyclic amines) is 1. The Morgan fingerprint density at radius 1 is 1.29 bits per heavy atom. The van der Waals surface area contributed by atoms with Crippen LogP contribution in [0, 0.1) is 11.8 Å². The number of hydrogen-bond acceptors (Lipinski definition) is 7. The van der Waals surface area contributed by atoms with E-state index in [1.54, 1.807) is 18.2 Å². The first kappa shape index (κ1) is 19.2. The monoisotopic (exact) mass is 404 g/mol. The van der Waals surface area contributed by atoms with E-state index in [2.05, 4.69) is 15.0 Å². The minimum atomic E-state index is -0.529. The van der Waals surface area contributed by atoms with Gasteiger partial charge in [0.05, 0.1) is 25.8 Å². The molecular weight excluding hydrogens is 380 g/mol. The van der Waals surface area contributed by atoms with Gasteiger partial charge in [-0.2, -0.15) is 11.3 Å². The van der Waals surface area contributed by atoms with Gasteiger partial charge in [0.15, 0.2) is 0 Å². The number of ether oxygens (including phenoxy) is 1. The van der Waals surface area contributed by atoms with E-state index >= 15 is 0 Å². The van der Waals surface area contributed by atoms with Gasteiger partial charge in [0.2, 0.25) is 5.76 Å². The van der Waals surface area contributed by atoms with Crippen molar-refractivity contribution >= 4 is 23.2 Å². The van der Waals surface area contributed by atoms with Gasteiger partial charge in [0.1, 0.15) is 5.76 Å². The number of methoxy groups -OCH3 is 1. The highest BCUT2D eigenvalue weighted by molar-refractivity contribution is 7.08. The van der Waals surface area contributed by atoms with Crippen LogP contribution in [0.3, 0.4) is 0 Å². The van der Waals surface area contributed by atoms with Crippen molar-refractivity contribution in [1.82, 2.24) is 10.2 Å². The Hall–Kier alpha value is -2.16. The topological polar surface area (TPSA) is 92.0 Å². The first-order valence-electron chi connectivity index (χ1n) is 9.44. The van der Waals surface area contributed by atoms with Crippen LogP contribution < -0.4 is 5.32 Å². The number of fused-ring (bicyclic) bond motifs is 1. The van der Waals surface area contributed by atoms with Gasteiger partial charge in [-0.3, -0.25) is 9.69 Å². The number of nitrogens with zero attached hydrogens (tertiary/aromatic N) is 1. The highest BCUT2D eigenvalue weighted by atomic mass is 32.1. The molecule has 1 saturated heterocycles. The molecule has 1 aliphatic carbocycles. The van der Waals surface area contributed by atoms with Crippen LogP contribution in [0.25, 0.3) is 0 Å². The fraction of sp³-hybridized carbons (Fsp3) is 0.500. The van der Waals surface area contributed by atoms with E-state index in [1.165, 1.54) is 18.4 Å². The Bertz CT molecular complexity index is 834. The molecule has 2 fully saturated rings. The third kappa shape index (κ3) is 3.99. The summed E-state index contributed by atoms with van der Waals surface area (Å²) >= 11 is 1.48. The zero-order valence-corrected chi connectivity index (χ0v) is 16.5. The van der Waals surface area contributed by atoms with E-state index in [0.29, 0.717) is 30.4 Å². The van der Waals surface area contributed by atoms with Crippen molar-refractivity contribution in [3.63, 3.8) is 0 Å². The Morgan fingerprint density at radius 3 is 2.79 bits per heavy atom. The predicted molar refractivity (Wildman–Crippen MR) is 103 cm³/mol. The number of nitrogens with one attached hydrogen (secondary N) is 1. The molecule has 0 bridgehead atoms. The molecule has 8 heteroatoms. The first-order chi connectivity index (χ1) is 13.5. The Labute approximate surface area is 167 Å². The second-order valence-electron chi connectivity index (χ2n) is 7.60. The molecule has 0 radical (unpaired) electrons. The van der Waals surface area contributed by atoms with Crippen LogP contribution in [0.4, 0.5) is 0 Å². The standard InChI is InChI=1S/C20H24N2O5S/c1-26-20(25)18-3-2-15(27-18)10-22-8-13-6-16(17(23)7-14(13)9-22)21-19(24)12-4-5-28-11-12/h2-5,11,13-14,16-17,23H,6-10H2,1H3,(H,21,24)/t13-,14+,16-,17-/m0/s1. The van der Waals surface area contributed by atoms with Crippen molar-refractivity contribution in [1.29, 1.82) is 0 Å². The third-order valence-corrected chi connectivity index (χ3v) is 6.43. The van der Waals surface area contributed by atoms with Crippen molar-refractivity contribution in [2.24, 2.45) is 11.8 Å². The van der Waals surface area contributed by atoms with Crippen molar-refractivity contribution in [2.75, 3.05) is 20.2 Å². The van der Waals surface area contributed by atoms with Crippen LogP contribution in [-0.2, 0) is 11.3 Å². The molecule has 4 atom stereocenters. The van der Waals surface area contributed by atoms with Gasteiger partial charge in [-0.25, -0.2) is 4.79 Å². The van der Waals surface area contributed by atoms with Crippen molar-refractivity contribution in [3.05, 3.63) is 46.0 Å². The maximum absolute atomic E-state index is 12.3. The molecule has 2 N–H and O–H groups in total. The van der Waals surface area contributed by atoms with Crippen molar-refractivity contribution < 1.29 is 23.8 Å². The molecule has 4 rings (SSSR count). The molecule has 1 amide bonds. The van der Waals surface area contributed by atoms with Crippen molar-refractivity contribution in [3.8, 4) is 0 Å². The number of carbonyl (C=O) groups excluding carboxylic acids is 2. The fourth-order valence-corrected chi connectivity index (χ4v) is 4.99. The smallest absolute Gasteiger partial charge is 0.373 e. The number of esters is 1. The van der Waals surface area contributed by atoms with E-state index in [0.717, 1.165) is 25.3 Å². The minimum Gasteiger partial charge on any atom is -0.463 e. The lowest BCUT2D eigenvalue weighted by Gasteiger charge is -2.35. The maximum atomic E-state index is 12.3. The van der Waals surface area contributed by atoms with E-state index in [4.69, 9.17) is 4.42 Å². The summed E-state index contributed by atoms with van der Waals surface area (Å²) in [7, 11) is 1.33. The number of amides is 1. The number of furan rings is 1. The van der Waals surface area contributed by atoms with Crippen molar-refractivity contribution in [2.45, 2.75) is 31.5 Å². The zero-order chi connectivity index (χ0) is 19.7. The van der Waals surface area contributed by atoms with Gasteiger partial charge >= 0.3 is 5.97 Å². The molecule has 0 spiro atoms. The molecular formula is C20H24N2O5S. The third-order valence-electron chi connectivity index (χ3n) is 5.74. The quantitative estimate of drug-likeness (QED) is 0.742. The normalized spacial score (nSPS) is 27.4. The van der Waals surface area contributed by atoms with Crippen LogP contribution in [-0.4, -0.2) is 54.2 Å². The Kier molecular flexibility index (Phi) is 5.52. The van der Waals surface area contributed by atoms with Gasteiger partial charge in [0, 0.05) is 24.0 Å². The molecule has 28 heavy (non-hydrogen) atoms. The SMILES string of the molecule is COC(=O)c1ccc(CN2C[C@H]3C[C@H](O)[C@@H](NC(=O)c4ccsc4)C[C@H]3C2)o1. The maximum Gasteiger partial charge on any atom is 0.373 e. The first-order valence-corrected chi connectivity index (χ1v) is 10.4. The molecule has 1 aliphatic heterocycles. The number of carbonyl (C=O) groups is 2. The molecule has 2 aromatic heterocycles. The average Bonchev–Trinajstić information content (AvgIpc) is 3.42. The molecule has 150 valence electrons. The van der Waals surface area contributed by atoms with Crippen LogP contribution in [0.5, 0.6) is 0 Å². The lowest BCUT2D eigenvalue weighted by Crippen LogP contribution is -2.49. The summed E-state index contributed by atoms with van der Waals surface area (Å²) in [4.78, 5) is 26.1. The minimum absolute atomic E-state index is 0.121. The number of aliphatic hydroxyl groups excluding tert-OH is 1. The summed E-state index contributed by atoms with van der Waals surface area (Å²) in [6.07, 6.45) is 0.920. The number of thiophene rings is 1. The summed E-state index contributed by atoms with van der Waals surface area (Å²) in [5, 5.41) is 17.2. The Morgan fingerprint density at radius 2 is 2.07 bits per heavy atom. The lowest BCUT2D eigenvalue weighted by molar-refractivity contribution is 0.0461. The molecule has 1 saturated carbocycles. The average molecular weight is 404 g/mol. The second-order valence-corrected chi connectivity index (χ2v) is 8.38. The summed E-state index contributed by atoms with van der Waals surface area (Å²) in [5.41, 5.74) is 0.645. The van der Waals surface area contributed by atoms with E-state index in [1.807, 2.05) is 10.8 Å². The largest absolute Gasteiger partial charge is 0.463 e. The number of rotatable bonds is 5. The fourth-order valence-electron chi connectivity index (χ4n) is 4.35. The number of aliphatic hydroxyl groups is 1. The summed E-state index contributed by atoms with van der Waals surface area (Å²) in [6, 6.07) is 5.00. The molecule has 0 unspecified atom stereocenters. The summed E-state index contributed by atoms with van der Waals surface area (Å²) < 4.78 is 10.2. The van der Waals surface area contributed by atoms with Gasteiger partial charge in [-0.1, -0.05) is 0 Å². The van der Waals surface area contributed by atoms with Crippen LogP contribution in [0.15, 0.2) is 33.4 Å². The van der Waals surface area contributed by atoms with Gasteiger partial charge < -0.3 is 19.6 Å². The lowest BCUT2D eigenvalue weighted by atomic mass is 9.77. The summed E-state index contributed by atoms with van der Waals surface area (Å²) in [5.74, 6) is 1.16. The van der Waals surface area contributed by atoms with Crippen LogP contribution in [0.1, 0.15) is 39.5 Å². The summed E-state index contributed by atoms with van der Waals surface area (Å²) in [6.45, 7) is 2.38. The van der Waals surface area contributed by atoms with Crippen LogP contribution in [0.2, 0.25) is 0 Å². The number of hydrogen-bond donors (Lipinski definition) is 2. The van der Waals surface area contributed by atoms with Gasteiger partial charge in [0.25, 0.3) is 5.91 Å².